The lowest BCUT2D eigenvalue weighted by atomic mass is 9.73. The lowest BCUT2D eigenvalue weighted by Crippen LogP contribution is -2.35. The van der Waals surface area contributed by atoms with Crippen LogP contribution in [0, 0.1) is 6.92 Å². The lowest BCUT2D eigenvalue weighted by Gasteiger charge is -2.24. The van der Waals surface area contributed by atoms with Crippen molar-refractivity contribution < 1.29 is 0 Å². The minimum atomic E-state index is 0.0989. The fourth-order valence-electron chi connectivity index (χ4n) is 2.93. The van der Waals surface area contributed by atoms with Gasteiger partial charge in [-0.2, -0.15) is 0 Å². The smallest absolute Gasteiger partial charge is 0.398 e. The predicted octanol–water partition coefficient (Wildman–Crippen LogP) is 4.73. The molecule has 0 unspecified atom stereocenters. The van der Waals surface area contributed by atoms with E-state index in [4.69, 9.17) is 0 Å². The van der Waals surface area contributed by atoms with E-state index in [0.29, 0.717) is 0 Å². The highest BCUT2D eigenvalue weighted by atomic mass is 15.0. The van der Waals surface area contributed by atoms with E-state index in [1.807, 2.05) is 0 Å². The van der Waals surface area contributed by atoms with Crippen molar-refractivity contribution in [1.82, 2.24) is 0 Å². The Labute approximate surface area is 131 Å². The van der Waals surface area contributed by atoms with Crippen molar-refractivity contribution in [2.75, 3.05) is 10.5 Å². The molecule has 0 aromatic heterocycles. The molecule has 0 amide bonds. The van der Waals surface area contributed by atoms with Crippen molar-refractivity contribution >= 4 is 35.2 Å². The average molecular weight is 284 g/mol. The van der Waals surface area contributed by atoms with Gasteiger partial charge in [-0.05, 0) is 30.0 Å². The molecule has 0 fully saturated rings. The number of aryl methyl sites for hydroxylation is 1. The van der Waals surface area contributed by atoms with Crippen LogP contribution in [0.4, 0.5) is 11.4 Å². The Bertz CT molecular complexity index is 812. The Morgan fingerprint density at radius 2 is 1.45 bits per heavy atom. The summed E-state index contributed by atoms with van der Waals surface area (Å²) < 4.78 is 0. The van der Waals surface area contributed by atoms with E-state index in [1.54, 1.807) is 0 Å². The van der Waals surface area contributed by atoms with Crippen molar-refractivity contribution in [3.05, 3.63) is 77.8 Å². The number of nitrogens with one attached hydrogen (secondary N) is 2. The Kier molecular flexibility index (Phi) is 3.12. The van der Waals surface area contributed by atoms with Crippen LogP contribution >= 0.6 is 0 Å². The van der Waals surface area contributed by atoms with Crippen LogP contribution in [-0.4, -0.2) is 6.98 Å². The molecule has 0 aliphatic carbocycles. The molecule has 3 aromatic rings. The summed E-state index contributed by atoms with van der Waals surface area (Å²) >= 11 is 0. The summed E-state index contributed by atoms with van der Waals surface area (Å²) in [5.41, 5.74) is 4.87. The molecule has 106 valence electrons. The maximum absolute atomic E-state index is 3.54. The fraction of sp³-hybridized carbons (Fsp3) is 0.0526. The summed E-state index contributed by atoms with van der Waals surface area (Å²) in [4.78, 5) is 0. The lowest BCUT2D eigenvalue weighted by molar-refractivity contribution is 1.46. The Morgan fingerprint density at radius 1 is 0.818 bits per heavy atom. The molecule has 0 saturated carbocycles. The highest BCUT2D eigenvalue weighted by molar-refractivity contribution is 6.73. The van der Waals surface area contributed by atoms with Gasteiger partial charge in [-0.1, -0.05) is 66.1 Å². The first kappa shape index (κ1) is 13.0. The summed E-state index contributed by atoms with van der Waals surface area (Å²) in [6.45, 7) is 2.21. The van der Waals surface area contributed by atoms with Gasteiger partial charge in [-0.15, -0.1) is 0 Å². The highest BCUT2D eigenvalue weighted by Crippen LogP contribution is 2.33. The van der Waals surface area contributed by atoms with Gasteiger partial charge in [0.05, 0.1) is 0 Å². The monoisotopic (exact) mass is 284 g/mol. The third-order valence-electron chi connectivity index (χ3n) is 4.09. The maximum atomic E-state index is 3.54. The van der Waals surface area contributed by atoms with Crippen molar-refractivity contribution in [2.24, 2.45) is 0 Å². The van der Waals surface area contributed by atoms with E-state index in [0.717, 1.165) is 0 Å². The minimum absolute atomic E-state index is 0.0989. The van der Waals surface area contributed by atoms with E-state index in [1.165, 1.54) is 33.3 Å². The van der Waals surface area contributed by atoms with Gasteiger partial charge in [0.15, 0.2) is 0 Å². The van der Waals surface area contributed by atoms with Gasteiger partial charge in [-0.3, -0.25) is 0 Å². The molecular weight excluding hydrogens is 267 g/mol. The van der Waals surface area contributed by atoms with Gasteiger partial charge in [-0.25, -0.2) is 0 Å². The van der Waals surface area contributed by atoms with Crippen LogP contribution in [0.5, 0.6) is 0 Å². The topological polar surface area (TPSA) is 24.1 Å². The van der Waals surface area contributed by atoms with Gasteiger partial charge in [0, 0.05) is 16.8 Å². The zero-order valence-electron chi connectivity index (χ0n) is 12.5. The van der Waals surface area contributed by atoms with Crippen LogP contribution in [0.3, 0.4) is 0 Å². The van der Waals surface area contributed by atoms with Crippen molar-refractivity contribution in [3.63, 3.8) is 0 Å². The number of rotatable bonds is 2. The fourth-order valence-corrected chi connectivity index (χ4v) is 2.93. The molecule has 0 atom stereocenters. The van der Waals surface area contributed by atoms with Crippen molar-refractivity contribution in [2.45, 2.75) is 6.92 Å². The quantitative estimate of drug-likeness (QED) is 0.665. The Hall–Kier alpha value is -2.68. The highest BCUT2D eigenvalue weighted by Gasteiger charge is 2.20. The summed E-state index contributed by atoms with van der Waals surface area (Å²) in [6, 6.07) is 21.3. The largest absolute Gasteiger partial charge is 0.405 e. The second kappa shape index (κ2) is 5.26. The molecule has 0 saturated heterocycles. The summed E-state index contributed by atoms with van der Waals surface area (Å²) in [5.74, 6) is 2.17. The normalized spacial score (nSPS) is 13.2. The maximum Gasteiger partial charge on any atom is 0.398 e. The number of benzene rings is 3. The molecular formula is C19H17BN2. The molecule has 1 heterocycles. The zero-order chi connectivity index (χ0) is 14.9. The van der Waals surface area contributed by atoms with Gasteiger partial charge in [0.2, 0.25) is 0 Å². The van der Waals surface area contributed by atoms with E-state index in [2.05, 4.69) is 90.1 Å². The predicted molar refractivity (Wildman–Crippen MR) is 97.2 cm³/mol. The van der Waals surface area contributed by atoms with Crippen molar-refractivity contribution in [3.8, 4) is 0 Å². The van der Waals surface area contributed by atoms with Crippen molar-refractivity contribution in [1.29, 1.82) is 0 Å². The third kappa shape index (κ3) is 2.35. The van der Waals surface area contributed by atoms with Crippen LogP contribution in [0.25, 0.3) is 16.8 Å². The van der Waals surface area contributed by atoms with E-state index in [9.17, 15) is 0 Å². The number of anilines is 2. The van der Waals surface area contributed by atoms with E-state index >= 15 is 0 Å². The minimum Gasteiger partial charge on any atom is -0.405 e. The number of hydrogen-bond donors (Lipinski definition) is 2. The standard InChI is InChI=1S/C19H17BN2/c1-14-8-10-15(11-9-14)12-13-20-21-17-6-2-4-16-5-3-7-18(22-20)19(16)17/h2-13,21-22H,1H3/b13-12-. The van der Waals surface area contributed by atoms with Gasteiger partial charge in [0.1, 0.15) is 0 Å². The van der Waals surface area contributed by atoms with E-state index in [-0.39, 0.29) is 6.98 Å². The number of hydrogen-bond acceptors (Lipinski definition) is 2. The first-order chi connectivity index (χ1) is 10.8. The second-order valence-corrected chi connectivity index (χ2v) is 5.75. The molecule has 3 heteroatoms. The molecule has 0 bridgehead atoms. The summed E-state index contributed by atoms with van der Waals surface area (Å²) in [5, 5.41) is 9.62. The van der Waals surface area contributed by atoms with Gasteiger partial charge < -0.3 is 10.5 Å². The first-order valence-corrected chi connectivity index (χ1v) is 7.59. The first-order valence-electron chi connectivity index (χ1n) is 7.59. The molecule has 0 radical (unpaired) electrons. The van der Waals surface area contributed by atoms with Crippen LogP contribution in [0.2, 0.25) is 0 Å². The second-order valence-electron chi connectivity index (χ2n) is 5.75. The Balaban J connectivity index is 1.63. The molecule has 2 N–H and O–H groups in total. The average Bonchev–Trinajstić information content (AvgIpc) is 2.55. The summed E-state index contributed by atoms with van der Waals surface area (Å²) in [6.07, 6.45) is 2.15. The zero-order valence-corrected chi connectivity index (χ0v) is 12.5. The molecule has 2 nitrogen and oxygen atoms in total. The van der Waals surface area contributed by atoms with Crippen LogP contribution in [0.1, 0.15) is 11.1 Å². The molecule has 0 spiro atoms. The van der Waals surface area contributed by atoms with E-state index < -0.39 is 0 Å². The van der Waals surface area contributed by atoms with Crippen LogP contribution < -0.4 is 10.5 Å². The van der Waals surface area contributed by atoms with Gasteiger partial charge >= 0.3 is 6.98 Å². The molecule has 4 rings (SSSR count). The molecule has 22 heavy (non-hydrogen) atoms. The summed E-state index contributed by atoms with van der Waals surface area (Å²) in [7, 11) is 0. The third-order valence-corrected chi connectivity index (χ3v) is 4.09. The molecule has 1 aliphatic rings. The molecule has 3 aromatic carbocycles. The molecule has 1 aliphatic heterocycles. The van der Waals surface area contributed by atoms with Gasteiger partial charge in [0.25, 0.3) is 0 Å². The SMILES string of the molecule is Cc1ccc(/C=C\B2Nc3cccc4cccc(c34)N2)cc1. The Morgan fingerprint density at radius 3 is 2.09 bits per heavy atom. The van der Waals surface area contributed by atoms with Crippen LogP contribution in [-0.2, 0) is 0 Å². The van der Waals surface area contributed by atoms with Crippen LogP contribution in [0.15, 0.2) is 66.6 Å².